The minimum atomic E-state index is -0.354. The number of ether oxygens (including phenoxy) is 2. The Labute approximate surface area is 204 Å². The lowest BCUT2D eigenvalue weighted by Crippen LogP contribution is -2.36. The number of carbonyl (C=O) groups excluding carboxylic acids is 2. The highest BCUT2D eigenvalue weighted by atomic mass is 35.5. The van der Waals surface area contributed by atoms with Crippen molar-refractivity contribution < 1.29 is 19.1 Å². The first-order valence-electron chi connectivity index (χ1n) is 12.0. The van der Waals surface area contributed by atoms with Crippen LogP contribution in [0, 0.1) is 0 Å². The van der Waals surface area contributed by atoms with Crippen LogP contribution in [0.3, 0.4) is 0 Å². The fraction of sp³-hybridized carbons (Fsp3) is 0.357. The molecule has 1 N–H and O–H groups in total. The standard InChI is InChI=1S/C28H28ClNO4/c1-2-33-25-15-18(12-13-24(25)34-16-17-6-3-7-19(29)14-17)26-27-20(8-4-10-22(27)31)30-21-9-5-11-23(32)28(21)26/h3,6-7,12-15,26,30H,2,4-5,8-11,16H2,1H3. The van der Waals surface area contributed by atoms with Crippen LogP contribution in [0.25, 0.3) is 0 Å². The molecule has 3 aliphatic rings. The number of allylic oxidation sites excluding steroid dienone is 4. The summed E-state index contributed by atoms with van der Waals surface area (Å²) in [7, 11) is 0. The maximum Gasteiger partial charge on any atom is 0.161 e. The number of benzene rings is 2. The molecule has 0 aromatic heterocycles. The topological polar surface area (TPSA) is 64.6 Å². The average molecular weight is 478 g/mol. The van der Waals surface area contributed by atoms with Gasteiger partial charge in [0.15, 0.2) is 23.1 Å². The summed E-state index contributed by atoms with van der Waals surface area (Å²) in [6.45, 7) is 2.76. The van der Waals surface area contributed by atoms with Gasteiger partial charge in [0.1, 0.15) is 6.61 Å². The molecule has 0 spiro atoms. The number of ketones is 2. The minimum absolute atomic E-state index is 0.128. The van der Waals surface area contributed by atoms with Crippen LogP contribution in [0.15, 0.2) is 65.0 Å². The quantitative estimate of drug-likeness (QED) is 0.551. The summed E-state index contributed by atoms with van der Waals surface area (Å²) in [5.74, 6) is 1.13. The van der Waals surface area contributed by atoms with E-state index in [4.69, 9.17) is 21.1 Å². The predicted octanol–water partition coefficient (Wildman–Crippen LogP) is 6.02. The first-order valence-corrected chi connectivity index (χ1v) is 12.4. The third-order valence-electron chi connectivity index (χ3n) is 6.68. The first-order chi connectivity index (χ1) is 16.5. The summed E-state index contributed by atoms with van der Waals surface area (Å²) >= 11 is 6.10. The van der Waals surface area contributed by atoms with Crippen LogP contribution >= 0.6 is 11.6 Å². The lowest BCUT2D eigenvalue weighted by molar-refractivity contribution is -0.116. The molecular weight excluding hydrogens is 450 g/mol. The molecule has 1 aliphatic heterocycles. The molecule has 0 saturated carbocycles. The van der Waals surface area contributed by atoms with Gasteiger partial charge in [0.05, 0.1) is 6.61 Å². The molecule has 0 radical (unpaired) electrons. The highest BCUT2D eigenvalue weighted by Crippen LogP contribution is 2.46. The van der Waals surface area contributed by atoms with E-state index in [1.165, 1.54) is 0 Å². The number of nitrogens with one attached hydrogen (secondary N) is 1. The summed E-state index contributed by atoms with van der Waals surface area (Å²) in [6, 6.07) is 13.3. The van der Waals surface area contributed by atoms with Crippen LogP contribution in [0.5, 0.6) is 11.5 Å². The summed E-state index contributed by atoms with van der Waals surface area (Å²) in [6.07, 6.45) is 4.39. The van der Waals surface area contributed by atoms with E-state index in [0.29, 0.717) is 42.6 Å². The zero-order valence-electron chi connectivity index (χ0n) is 19.3. The predicted molar refractivity (Wildman–Crippen MR) is 131 cm³/mol. The Hall–Kier alpha value is -3.05. The van der Waals surface area contributed by atoms with Crippen LogP contribution in [-0.2, 0) is 16.2 Å². The zero-order valence-corrected chi connectivity index (χ0v) is 20.0. The molecule has 2 aromatic rings. The van der Waals surface area contributed by atoms with E-state index >= 15 is 0 Å². The second-order valence-electron chi connectivity index (χ2n) is 8.95. The Balaban J connectivity index is 1.53. The first kappa shape index (κ1) is 22.7. The van der Waals surface area contributed by atoms with Crippen LogP contribution < -0.4 is 14.8 Å². The van der Waals surface area contributed by atoms with Gasteiger partial charge in [-0.05, 0) is 68.0 Å². The number of halogens is 1. The zero-order chi connectivity index (χ0) is 23.7. The maximum atomic E-state index is 13.1. The molecular formula is C28H28ClNO4. The second-order valence-corrected chi connectivity index (χ2v) is 9.39. The van der Waals surface area contributed by atoms with Gasteiger partial charge in [0.25, 0.3) is 0 Å². The van der Waals surface area contributed by atoms with Crippen molar-refractivity contribution in [3.8, 4) is 11.5 Å². The molecule has 0 unspecified atom stereocenters. The van der Waals surface area contributed by atoms with Crippen LogP contribution in [-0.4, -0.2) is 18.2 Å². The van der Waals surface area contributed by atoms with Crippen molar-refractivity contribution in [3.63, 3.8) is 0 Å². The smallest absolute Gasteiger partial charge is 0.161 e. The molecule has 0 bridgehead atoms. The fourth-order valence-corrected chi connectivity index (χ4v) is 5.41. The van der Waals surface area contributed by atoms with E-state index in [1.807, 2.05) is 49.4 Å². The molecule has 2 aliphatic carbocycles. The van der Waals surface area contributed by atoms with Gasteiger partial charge in [-0.25, -0.2) is 0 Å². The average Bonchev–Trinajstić information content (AvgIpc) is 2.83. The fourth-order valence-electron chi connectivity index (χ4n) is 5.20. The van der Waals surface area contributed by atoms with E-state index in [-0.39, 0.29) is 17.5 Å². The molecule has 176 valence electrons. The monoisotopic (exact) mass is 477 g/mol. The summed E-state index contributed by atoms with van der Waals surface area (Å²) in [5.41, 5.74) is 5.31. The summed E-state index contributed by atoms with van der Waals surface area (Å²) < 4.78 is 12.0. The summed E-state index contributed by atoms with van der Waals surface area (Å²) in [5, 5.41) is 4.12. The Morgan fingerprint density at radius 1 is 0.882 bits per heavy atom. The van der Waals surface area contributed by atoms with Crippen LogP contribution in [0.4, 0.5) is 0 Å². The molecule has 0 atom stereocenters. The van der Waals surface area contributed by atoms with Crippen molar-refractivity contribution in [2.24, 2.45) is 0 Å². The van der Waals surface area contributed by atoms with Crippen molar-refractivity contribution in [1.82, 2.24) is 5.32 Å². The lowest BCUT2D eigenvalue weighted by atomic mass is 9.71. The minimum Gasteiger partial charge on any atom is -0.490 e. The molecule has 1 heterocycles. The van der Waals surface area contributed by atoms with Gasteiger partial charge in [0, 0.05) is 46.3 Å². The maximum absolute atomic E-state index is 13.1. The van der Waals surface area contributed by atoms with Crippen molar-refractivity contribution in [1.29, 1.82) is 0 Å². The number of rotatable bonds is 6. The number of Topliss-reactive ketones (excluding diaryl/α,β-unsaturated/α-hetero) is 2. The van der Waals surface area contributed by atoms with Gasteiger partial charge in [-0.15, -0.1) is 0 Å². The Kier molecular flexibility index (Phi) is 6.46. The third kappa shape index (κ3) is 4.37. The second kappa shape index (κ2) is 9.67. The molecule has 2 aromatic carbocycles. The van der Waals surface area contributed by atoms with Gasteiger partial charge < -0.3 is 14.8 Å². The Morgan fingerprint density at radius 3 is 2.24 bits per heavy atom. The van der Waals surface area contributed by atoms with E-state index in [1.54, 1.807) is 0 Å². The molecule has 0 saturated heterocycles. The van der Waals surface area contributed by atoms with Gasteiger partial charge in [-0.1, -0.05) is 29.8 Å². The van der Waals surface area contributed by atoms with Crippen molar-refractivity contribution in [2.45, 2.75) is 58.0 Å². The number of carbonyl (C=O) groups is 2. The number of hydrogen-bond donors (Lipinski definition) is 1. The molecule has 5 nitrogen and oxygen atoms in total. The normalized spacial score (nSPS) is 18.4. The van der Waals surface area contributed by atoms with Crippen LogP contribution in [0.1, 0.15) is 62.5 Å². The van der Waals surface area contributed by atoms with Gasteiger partial charge >= 0.3 is 0 Å². The van der Waals surface area contributed by atoms with Gasteiger partial charge in [-0.2, -0.15) is 0 Å². The molecule has 34 heavy (non-hydrogen) atoms. The molecule has 0 amide bonds. The van der Waals surface area contributed by atoms with E-state index in [0.717, 1.165) is 59.4 Å². The highest BCUT2D eigenvalue weighted by Gasteiger charge is 2.40. The Bertz CT molecular complexity index is 1170. The lowest BCUT2D eigenvalue weighted by Gasteiger charge is -2.37. The largest absolute Gasteiger partial charge is 0.490 e. The van der Waals surface area contributed by atoms with Crippen molar-refractivity contribution in [3.05, 3.63) is 81.2 Å². The van der Waals surface area contributed by atoms with E-state index < -0.39 is 0 Å². The van der Waals surface area contributed by atoms with E-state index in [9.17, 15) is 9.59 Å². The number of dihydropyridines is 1. The van der Waals surface area contributed by atoms with Gasteiger partial charge in [-0.3, -0.25) is 9.59 Å². The highest BCUT2D eigenvalue weighted by molar-refractivity contribution is 6.30. The SMILES string of the molecule is CCOc1cc(C2C3=C(CCCC3=O)NC3=C2C(=O)CCC3)ccc1OCc1cccc(Cl)c1. The molecule has 0 fully saturated rings. The summed E-state index contributed by atoms with van der Waals surface area (Å²) in [4.78, 5) is 26.1. The van der Waals surface area contributed by atoms with Crippen LogP contribution in [0.2, 0.25) is 5.02 Å². The van der Waals surface area contributed by atoms with Crippen molar-refractivity contribution in [2.75, 3.05) is 6.61 Å². The Morgan fingerprint density at radius 2 is 1.59 bits per heavy atom. The number of hydrogen-bond acceptors (Lipinski definition) is 5. The van der Waals surface area contributed by atoms with Crippen molar-refractivity contribution >= 4 is 23.2 Å². The third-order valence-corrected chi connectivity index (χ3v) is 6.91. The van der Waals surface area contributed by atoms with E-state index in [2.05, 4.69) is 5.32 Å². The van der Waals surface area contributed by atoms with Gasteiger partial charge in [0.2, 0.25) is 0 Å². The molecule has 5 rings (SSSR count). The molecule has 6 heteroatoms.